The van der Waals surface area contributed by atoms with E-state index >= 15 is 0 Å². The minimum Gasteiger partial charge on any atom is -0.481 e. The monoisotopic (exact) mass is 363 g/mol. The van der Waals surface area contributed by atoms with Gasteiger partial charge >= 0.3 is 5.97 Å². The maximum absolute atomic E-state index is 12.0. The zero-order valence-electron chi connectivity index (χ0n) is 16.3. The van der Waals surface area contributed by atoms with Gasteiger partial charge in [0.15, 0.2) is 5.78 Å². The smallest absolute Gasteiger partial charge is 0.303 e. The third-order valence-electron chi connectivity index (χ3n) is 3.89. The largest absolute Gasteiger partial charge is 0.481 e. The Labute approximate surface area is 157 Å². The maximum Gasteiger partial charge on any atom is 0.303 e. The first-order valence-corrected chi connectivity index (χ1v) is 9.31. The number of aliphatic imine (C=N–C) groups is 1. The highest BCUT2D eigenvalue weighted by molar-refractivity contribution is 6.01. The van der Waals surface area contributed by atoms with Crippen LogP contribution in [0, 0.1) is 0 Å². The average molecular weight is 363 g/mol. The molecule has 26 heavy (non-hydrogen) atoms. The summed E-state index contributed by atoms with van der Waals surface area (Å²) in [6, 6.07) is 0. The first-order valence-electron chi connectivity index (χ1n) is 9.31. The number of aliphatic carboxylic acids is 1. The van der Waals surface area contributed by atoms with Crippen molar-refractivity contribution in [3.05, 3.63) is 35.5 Å². The second-order valence-electron chi connectivity index (χ2n) is 6.26. The molecule has 0 aromatic rings. The number of aliphatic hydroxyl groups excluding tert-OH is 1. The van der Waals surface area contributed by atoms with E-state index < -0.39 is 12.1 Å². The van der Waals surface area contributed by atoms with Crippen molar-refractivity contribution in [3.8, 4) is 0 Å². The van der Waals surface area contributed by atoms with Crippen molar-refractivity contribution in [2.45, 2.75) is 71.3 Å². The van der Waals surface area contributed by atoms with Crippen molar-refractivity contribution in [2.75, 3.05) is 7.05 Å². The second kappa shape index (κ2) is 15.3. The first-order chi connectivity index (χ1) is 12.4. The van der Waals surface area contributed by atoms with Gasteiger partial charge in [-0.25, -0.2) is 0 Å². The summed E-state index contributed by atoms with van der Waals surface area (Å²) in [5, 5.41) is 18.6. The van der Waals surface area contributed by atoms with E-state index in [4.69, 9.17) is 5.11 Å². The molecule has 1 unspecified atom stereocenters. The van der Waals surface area contributed by atoms with Crippen LogP contribution in [0.1, 0.15) is 65.2 Å². The normalized spacial score (nSPS) is 14.3. The summed E-state index contributed by atoms with van der Waals surface area (Å²) in [5.41, 5.74) is 1.33. The molecule has 0 aromatic carbocycles. The number of Topliss-reactive ketones (excluding diaryl/α,β-unsaturated/α-hetero) is 1. The predicted octanol–water partition coefficient (Wildman–Crippen LogP) is 4.27. The third kappa shape index (κ3) is 12.4. The van der Waals surface area contributed by atoms with Crippen molar-refractivity contribution in [1.29, 1.82) is 0 Å². The summed E-state index contributed by atoms with van der Waals surface area (Å²) < 4.78 is 0. The Balaban J connectivity index is 4.97. The Morgan fingerprint density at radius 3 is 2.46 bits per heavy atom. The van der Waals surface area contributed by atoms with Crippen molar-refractivity contribution in [1.82, 2.24) is 0 Å². The van der Waals surface area contributed by atoms with E-state index in [2.05, 4.69) is 11.9 Å². The van der Waals surface area contributed by atoms with E-state index in [1.807, 2.05) is 12.2 Å². The van der Waals surface area contributed by atoms with Gasteiger partial charge in [0.1, 0.15) is 0 Å². The topological polar surface area (TPSA) is 87.0 Å². The molecule has 0 saturated heterocycles. The highest BCUT2D eigenvalue weighted by atomic mass is 16.4. The second-order valence-corrected chi connectivity index (χ2v) is 6.26. The summed E-state index contributed by atoms with van der Waals surface area (Å²) in [4.78, 5) is 26.5. The van der Waals surface area contributed by atoms with E-state index in [-0.39, 0.29) is 12.2 Å². The van der Waals surface area contributed by atoms with Crippen molar-refractivity contribution in [3.63, 3.8) is 0 Å². The Hall–Kier alpha value is -2.01. The predicted molar refractivity (Wildman–Crippen MR) is 107 cm³/mol. The number of carboxylic acid groups (broad SMARTS) is 1. The third-order valence-corrected chi connectivity index (χ3v) is 3.89. The molecule has 0 heterocycles. The average Bonchev–Trinajstić information content (AvgIpc) is 2.58. The number of carboxylic acids is 1. The number of rotatable bonds is 14. The van der Waals surface area contributed by atoms with Crippen LogP contribution in [-0.4, -0.2) is 41.3 Å². The van der Waals surface area contributed by atoms with E-state index in [0.717, 1.165) is 19.3 Å². The summed E-state index contributed by atoms with van der Waals surface area (Å²) >= 11 is 0. The van der Waals surface area contributed by atoms with E-state index in [1.54, 1.807) is 25.4 Å². The van der Waals surface area contributed by atoms with Crippen LogP contribution in [0.5, 0.6) is 0 Å². The molecule has 0 amide bonds. The minimum absolute atomic E-state index is 0.0415. The number of carbonyl (C=O) groups excluding carboxylic acids is 1. The lowest BCUT2D eigenvalue weighted by molar-refractivity contribution is -0.137. The number of ketones is 1. The van der Waals surface area contributed by atoms with Gasteiger partial charge in [0.2, 0.25) is 0 Å². The molecular formula is C21H33NO4. The van der Waals surface area contributed by atoms with Gasteiger partial charge in [0.05, 0.1) is 6.10 Å². The summed E-state index contributed by atoms with van der Waals surface area (Å²) in [6.07, 6.45) is 14.1. The molecule has 0 rings (SSSR count). The minimum atomic E-state index is -0.799. The number of hydrogen-bond donors (Lipinski definition) is 2. The van der Waals surface area contributed by atoms with Crippen LogP contribution in [0.3, 0.4) is 0 Å². The van der Waals surface area contributed by atoms with Crippen molar-refractivity contribution < 1.29 is 19.8 Å². The highest BCUT2D eigenvalue weighted by Gasteiger charge is 2.08. The molecule has 0 aliphatic rings. The highest BCUT2D eigenvalue weighted by Crippen LogP contribution is 2.14. The van der Waals surface area contributed by atoms with Crippen LogP contribution in [0.25, 0.3) is 0 Å². The number of unbranched alkanes of at least 4 members (excludes halogenated alkanes) is 3. The maximum atomic E-state index is 12.0. The zero-order chi connectivity index (χ0) is 19.8. The molecule has 0 spiro atoms. The number of aliphatic hydroxyl groups is 1. The van der Waals surface area contributed by atoms with Crippen LogP contribution < -0.4 is 0 Å². The number of nitrogens with zero attached hydrogens (tertiary/aromatic N) is 1. The van der Waals surface area contributed by atoms with Crippen LogP contribution >= 0.6 is 0 Å². The molecule has 0 aliphatic heterocycles. The molecule has 5 heteroatoms. The van der Waals surface area contributed by atoms with Gasteiger partial charge in [-0.15, -0.1) is 0 Å². The number of hydrogen-bond acceptors (Lipinski definition) is 4. The zero-order valence-corrected chi connectivity index (χ0v) is 16.3. The molecule has 1 atom stereocenters. The van der Waals surface area contributed by atoms with Gasteiger partial charge in [0.25, 0.3) is 0 Å². The number of allylic oxidation sites excluding steroid dienone is 5. The fourth-order valence-corrected chi connectivity index (χ4v) is 2.43. The standard InChI is InChI=1S/C21H33NO4/c1-4-5-8-11-19(24)15-14-18(16-22-3)20(17(2)23)12-9-6-7-10-13-21(25)26/h6,9,14-16,19,24H,4-5,7-8,10-13H2,1-3H3,(H,25,26)/b9-6-,15-14+,20-18-,22-16+. The van der Waals surface area contributed by atoms with Crippen molar-refractivity contribution in [2.24, 2.45) is 4.99 Å². The van der Waals surface area contributed by atoms with Gasteiger partial charge in [-0.3, -0.25) is 14.6 Å². The van der Waals surface area contributed by atoms with Gasteiger partial charge in [0, 0.05) is 25.3 Å². The molecule has 146 valence electrons. The molecule has 5 nitrogen and oxygen atoms in total. The molecule has 0 aliphatic carbocycles. The summed E-state index contributed by atoms with van der Waals surface area (Å²) in [5.74, 6) is -0.841. The molecule has 2 N–H and O–H groups in total. The number of carbonyl (C=O) groups is 2. The lowest BCUT2D eigenvalue weighted by Gasteiger charge is -2.07. The van der Waals surface area contributed by atoms with Crippen LogP contribution in [0.4, 0.5) is 0 Å². The molecular weight excluding hydrogens is 330 g/mol. The fraction of sp³-hybridized carbons (Fsp3) is 0.571. The first kappa shape index (κ1) is 24.0. The molecule has 0 radical (unpaired) electrons. The molecule has 0 aromatic heterocycles. The van der Waals surface area contributed by atoms with Crippen molar-refractivity contribution >= 4 is 18.0 Å². The van der Waals surface area contributed by atoms with E-state index in [9.17, 15) is 14.7 Å². The van der Waals surface area contributed by atoms with Crippen LogP contribution in [0.15, 0.2) is 40.4 Å². The molecule has 0 fully saturated rings. The Bertz CT molecular complexity index is 544. The molecule has 0 bridgehead atoms. The SMILES string of the molecule is CCCCCC(O)/C=C/C(/C=N/C)=C(\C/C=C\CCCC(=O)O)C(C)=O. The van der Waals surface area contributed by atoms with E-state index in [0.29, 0.717) is 36.8 Å². The quantitative estimate of drug-likeness (QED) is 0.159. The summed E-state index contributed by atoms with van der Waals surface area (Å²) in [6.45, 7) is 3.64. The van der Waals surface area contributed by atoms with E-state index in [1.165, 1.54) is 6.92 Å². The van der Waals surface area contributed by atoms with Gasteiger partial charge in [-0.05, 0) is 38.2 Å². The van der Waals surface area contributed by atoms with Crippen LogP contribution in [0.2, 0.25) is 0 Å². The van der Waals surface area contributed by atoms with Gasteiger partial charge in [-0.1, -0.05) is 50.5 Å². The Morgan fingerprint density at radius 2 is 1.88 bits per heavy atom. The van der Waals surface area contributed by atoms with Crippen LogP contribution in [-0.2, 0) is 9.59 Å². The fourth-order valence-electron chi connectivity index (χ4n) is 2.43. The molecule has 0 saturated carbocycles. The lowest BCUT2D eigenvalue weighted by Crippen LogP contribution is -2.04. The lowest BCUT2D eigenvalue weighted by atomic mass is 10.00. The Morgan fingerprint density at radius 1 is 1.15 bits per heavy atom. The summed E-state index contributed by atoms with van der Waals surface area (Å²) in [7, 11) is 1.64. The van der Waals surface area contributed by atoms with Gasteiger partial charge < -0.3 is 10.2 Å². The van der Waals surface area contributed by atoms with Gasteiger partial charge in [-0.2, -0.15) is 0 Å². The Kier molecular flexibility index (Phi) is 14.1.